The maximum atomic E-state index is 12.3. The van der Waals surface area contributed by atoms with Gasteiger partial charge in [-0.3, -0.25) is 4.79 Å². The largest absolute Gasteiger partial charge is 0.394 e. The lowest BCUT2D eigenvalue weighted by Crippen LogP contribution is -2.52. The summed E-state index contributed by atoms with van der Waals surface area (Å²) in [5.74, 6) is 2.18. The number of hydrogen-bond donors (Lipinski definition) is 2. The minimum absolute atomic E-state index is 0.0211. The molecule has 1 aromatic carbocycles. The third-order valence-corrected chi connectivity index (χ3v) is 5.42. The van der Waals surface area contributed by atoms with Crippen molar-refractivity contribution in [3.63, 3.8) is 0 Å². The van der Waals surface area contributed by atoms with Gasteiger partial charge in [-0.05, 0) is 31.2 Å². The molecule has 0 radical (unpaired) electrons. The highest BCUT2D eigenvalue weighted by atomic mass is 32.2. The Morgan fingerprint density at radius 3 is 2.67 bits per heavy atom. The molecule has 1 aromatic rings. The van der Waals surface area contributed by atoms with Gasteiger partial charge in [0.15, 0.2) is 0 Å². The first-order valence-corrected chi connectivity index (χ1v) is 8.75. The van der Waals surface area contributed by atoms with E-state index in [4.69, 9.17) is 0 Å². The third kappa shape index (κ3) is 4.75. The van der Waals surface area contributed by atoms with Gasteiger partial charge in [-0.1, -0.05) is 37.3 Å². The predicted molar refractivity (Wildman–Crippen MR) is 88.1 cm³/mol. The zero-order valence-electron chi connectivity index (χ0n) is 12.8. The van der Waals surface area contributed by atoms with E-state index in [1.807, 2.05) is 32.0 Å². The summed E-state index contributed by atoms with van der Waals surface area (Å²) in [7, 11) is 0. The van der Waals surface area contributed by atoms with Crippen molar-refractivity contribution in [2.45, 2.75) is 38.0 Å². The molecule has 3 nitrogen and oxygen atoms in total. The summed E-state index contributed by atoms with van der Waals surface area (Å²) in [6.07, 6.45) is 2.21. The maximum absolute atomic E-state index is 12.3. The molecule has 0 bridgehead atoms. The molecule has 0 aliphatic heterocycles. The highest BCUT2D eigenvalue weighted by Crippen LogP contribution is 2.39. The van der Waals surface area contributed by atoms with Gasteiger partial charge in [0, 0.05) is 17.4 Å². The number of hydrogen-bond acceptors (Lipinski definition) is 3. The van der Waals surface area contributed by atoms with Crippen LogP contribution in [0.15, 0.2) is 30.3 Å². The molecule has 2 atom stereocenters. The number of nitrogens with one attached hydrogen (secondary N) is 1. The van der Waals surface area contributed by atoms with Crippen LogP contribution in [0, 0.1) is 11.8 Å². The van der Waals surface area contributed by atoms with E-state index in [-0.39, 0.29) is 18.4 Å². The van der Waals surface area contributed by atoms with Gasteiger partial charge in [0.25, 0.3) is 0 Å². The fraction of sp³-hybridized carbons (Fsp3) is 0.588. The van der Waals surface area contributed by atoms with Crippen LogP contribution in [0.3, 0.4) is 0 Å². The fourth-order valence-electron chi connectivity index (χ4n) is 2.40. The first-order valence-electron chi connectivity index (χ1n) is 7.59. The Bertz CT molecular complexity index is 461. The molecule has 2 unspecified atom stereocenters. The van der Waals surface area contributed by atoms with Gasteiger partial charge in [-0.2, -0.15) is 11.8 Å². The lowest BCUT2D eigenvalue weighted by Gasteiger charge is -2.30. The molecule has 4 heteroatoms. The quantitative estimate of drug-likeness (QED) is 0.776. The van der Waals surface area contributed by atoms with Crippen molar-refractivity contribution in [1.82, 2.24) is 5.32 Å². The van der Waals surface area contributed by atoms with Crippen molar-refractivity contribution in [1.29, 1.82) is 0 Å². The van der Waals surface area contributed by atoms with E-state index in [9.17, 15) is 9.90 Å². The first-order chi connectivity index (χ1) is 10.0. The van der Waals surface area contributed by atoms with Crippen LogP contribution in [0.4, 0.5) is 0 Å². The summed E-state index contributed by atoms with van der Waals surface area (Å²) >= 11 is 1.78. The Kier molecular flexibility index (Phi) is 5.71. The minimum Gasteiger partial charge on any atom is -0.394 e. The number of thioether (sulfide) groups is 1. The molecule has 0 aromatic heterocycles. The van der Waals surface area contributed by atoms with Crippen LogP contribution in [0.5, 0.6) is 0 Å². The average Bonchev–Trinajstić information content (AvgIpc) is 3.33. The van der Waals surface area contributed by atoms with Crippen molar-refractivity contribution in [2.24, 2.45) is 11.8 Å². The average molecular weight is 307 g/mol. The second-order valence-electron chi connectivity index (χ2n) is 6.24. The van der Waals surface area contributed by atoms with Crippen LogP contribution >= 0.6 is 11.8 Å². The highest BCUT2D eigenvalue weighted by Gasteiger charge is 2.42. The minimum atomic E-state index is -0.435. The van der Waals surface area contributed by atoms with Gasteiger partial charge >= 0.3 is 0 Å². The molecular weight excluding hydrogens is 282 g/mol. The molecule has 1 aliphatic rings. The summed E-state index contributed by atoms with van der Waals surface area (Å²) in [5, 5.41) is 12.6. The van der Waals surface area contributed by atoms with Crippen molar-refractivity contribution in [3.8, 4) is 0 Å². The Balaban J connectivity index is 1.74. The molecular formula is C17H25NO2S. The molecule has 1 amide bonds. The van der Waals surface area contributed by atoms with Gasteiger partial charge in [0.2, 0.25) is 5.91 Å². The normalized spacial score (nSPS) is 18.8. The van der Waals surface area contributed by atoms with Crippen LogP contribution in [-0.2, 0) is 10.5 Å². The summed E-state index contributed by atoms with van der Waals surface area (Å²) in [6.45, 7) is 3.93. The van der Waals surface area contributed by atoms with Crippen molar-refractivity contribution in [3.05, 3.63) is 35.9 Å². The van der Waals surface area contributed by atoms with Crippen LogP contribution < -0.4 is 5.32 Å². The lowest BCUT2D eigenvalue weighted by molar-refractivity contribution is -0.126. The van der Waals surface area contributed by atoms with Gasteiger partial charge in [0.1, 0.15) is 0 Å². The van der Waals surface area contributed by atoms with E-state index in [2.05, 4.69) is 17.4 Å². The van der Waals surface area contributed by atoms with E-state index < -0.39 is 5.54 Å². The van der Waals surface area contributed by atoms with E-state index in [1.54, 1.807) is 11.8 Å². The highest BCUT2D eigenvalue weighted by molar-refractivity contribution is 7.98. The SMILES string of the molecule is CC(CSCc1ccccc1)C(=O)NC(C)(CO)C1CC1. The molecule has 1 fully saturated rings. The number of carbonyl (C=O) groups is 1. The number of aliphatic hydroxyl groups excluding tert-OH is 1. The lowest BCUT2D eigenvalue weighted by atomic mass is 9.96. The van der Waals surface area contributed by atoms with Crippen LogP contribution in [0.1, 0.15) is 32.3 Å². The Morgan fingerprint density at radius 2 is 2.10 bits per heavy atom. The molecule has 1 aliphatic carbocycles. The maximum Gasteiger partial charge on any atom is 0.224 e. The monoisotopic (exact) mass is 307 g/mol. The van der Waals surface area contributed by atoms with Crippen LogP contribution in [-0.4, -0.2) is 28.9 Å². The standard InChI is InChI=1S/C17H25NO2S/c1-13(10-21-11-14-6-4-3-5-7-14)16(20)18-17(2,12-19)15-8-9-15/h3-7,13,15,19H,8-12H2,1-2H3,(H,18,20). The predicted octanol–water partition coefficient (Wildman–Crippen LogP) is 2.83. The molecule has 1 saturated carbocycles. The van der Waals surface area contributed by atoms with Gasteiger partial charge < -0.3 is 10.4 Å². The van der Waals surface area contributed by atoms with Gasteiger partial charge in [-0.25, -0.2) is 0 Å². The van der Waals surface area contributed by atoms with E-state index >= 15 is 0 Å². The number of amides is 1. The number of rotatable bonds is 8. The van der Waals surface area contributed by atoms with E-state index in [0.29, 0.717) is 5.92 Å². The fourth-order valence-corrected chi connectivity index (χ4v) is 3.45. The Labute approximate surface area is 131 Å². The Morgan fingerprint density at radius 1 is 1.43 bits per heavy atom. The van der Waals surface area contributed by atoms with E-state index in [1.165, 1.54) is 5.56 Å². The molecule has 21 heavy (non-hydrogen) atoms. The second kappa shape index (κ2) is 7.32. The van der Waals surface area contributed by atoms with Crippen LogP contribution in [0.2, 0.25) is 0 Å². The van der Waals surface area contributed by atoms with Gasteiger partial charge in [0.05, 0.1) is 12.1 Å². The zero-order valence-corrected chi connectivity index (χ0v) is 13.7. The Hall–Kier alpha value is -1.00. The first kappa shape index (κ1) is 16.4. The van der Waals surface area contributed by atoms with Crippen LogP contribution in [0.25, 0.3) is 0 Å². The van der Waals surface area contributed by atoms with Crippen molar-refractivity contribution >= 4 is 17.7 Å². The molecule has 0 spiro atoms. The molecule has 116 valence electrons. The molecule has 2 N–H and O–H groups in total. The third-order valence-electron chi connectivity index (χ3n) is 4.14. The summed E-state index contributed by atoms with van der Waals surface area (Å²) in [6, 6.07) is 10.3. The zero-order chi connectivity index (χ0) is 15.3. The van der Waals surface area contributed by atoms with E-state index in [0.717, 1.165) is 24.3 Å². The van der Waals surface area contributed by atoms with Gasteiger partial charge in [-0.15, -0.1) is 0 Å². The summed E-state index contributed by atoms with van der Waals surface area (Å²) < 4.78 is 0. The molecule has 0 heterocycles. The molecule has 0 saturated heterocycles. The topological polar surface area (TPSA) is 49.3 Å². The number of benzene rings is 1. The summed E-state index contributed by atoms with van der Waals surface area (Å²) in [4.78, 5) is 12.3. The summed E-state index contributed by atoms with van der Waals surface area (Å²) in [5.41, 5.74) is 0.850. The number of carbonyl (C=O) groups excluding carboxylic acids is 1. The second-order valence-corrected chi connectivity index (χ2v) is 7.27. The molecule has 2 rings (SSSR count). The smallest absolute Gasteiger partial charge is 0.224 e. The number of aliphatic hydroxyl groups is 1. The van der Waals surface area contributed by atoms with Crippen molar-refractivity contribution < 1.29 is 9.90 Å². The van der Waals surface area contributed by atoms with Crippen molar-refractivity contribution in [2.75, 3.05) is 12.4 Å².